The number of fused-ring (bicyclic) bond motifs is 3. The molecule has 0 radical (unpaired) electrons. The Morgan fingerprint density at radius 2 is 1.68 bits per heavy atom. The molecule has 0 aliphatic carbocycles. The Morgan fingerprint density at radius 1 is 1.03 bits per heavy atom. The molecule has 0 bridgehead atoms. The monoisotopic (exact) mass is 524 g/mol. The molecule has 4 aliphatic rings. The number of aliphatic imine (C=N–C) groups is 2. The molecule has 38 heavy (non-hydrogen) atoms. The Kier molecular flexibility index (Phi) is 5.88. The van der Waals surface area contributed by atoms with Crippen molar-refractivity contribution in [2.75, 3.05) is 24.5 Å². The number of carbonyl (C=O) groups excluding carboxylic acids is 2. The van der Waals surface area contributed by atoms with Gasteiger partial charge in [-0.1, -0.05) is 27.7 Å². The molecule has 0 fully saturated rings. The highest BCUT2D eigenvalue weighted by Gasteiger charge is 2.54. The standard InChI is InChI=1S/C25H36N10O3/c1-13(2)9-32-17-15(26-12-27-17)20(37)35-21(25(7,8)30-23(32)35)28-18-16(31-38)19(36)34-11-24(5,6)29-22(34)33(18)10-14(3)4/h12-14,21,28H,9-11H2,1-8H3,(H,26,27). The Balaban J connectivity index is 1.60. The fourth-order valence-electron chi connectivity index (χ4n) is 5.39. The average Bonchev–Trinajstić information content (AvgIpc) is 3.48. The van der Waals surface area contributed by atoms with Gasteiger partial charge in [0.1, 0.15) is 17.8 Å². The smallest absolute Gasteiger partial charge is 0.286 e. The molecule has 204 valence electrons. The molecule has 0 spiro atoms. The number of carbonyl (C=O) groups is 2. The van der Waals surface area contributed by atoms with Gasteiger partial charge in [-0.15, -0.1) is 4.91 Å². The van der Waals surface area contributed by atoms with Crippen molar-refractivity contribution < 1.29 is 9.59 Å². The van der Waals surface area contributed by atoms with E-state index in [-0.39, 0.29) is 29.3 Å². The highest BCUT2D eigenvalue weighted by Crippen LogP contribution is 2.38. The number of nitrogens with one attached hydrogen (secondary N) is 2. The molecule has 4 aliphatic heterocycles. The van der Waals surface area contributed by atoms with Crippen LogP contribution in [0.15, 0.2) is 33.0 Å². The summed E-state index contributed by atoms with van der Waals surface area (Å²) < 4.78 is 0. The molecule has 13 nitrogen and oxygen atoms in total. The van der Waals surface area contributed by atoms with E-state index in [9.17, 15) is 14.5 Å². The minimum absolute atomic E-state index is 0.175. The number of guanidine groups is 2. The van der Waals surface area contributed by atoms with Gasteiger partial charge in [0.25, 0.3) is 11.8 Å². The van der Waals surface area contributed by atoms with Crippen molar-refractivity contribution in [1.82, 2.24) is 30.0 Å². The number of amides is 2. The van der Waals surface area contributed by atoms with Crippen LogP contribution in [-0.4, -0.2) is 85.3 Å². The second kappa shape index (κ2) is 8.63. The minimum Gasteiger partial charge on any atom is -0.347 e. The van der Waals surface area contributed by atoms with Gasteiger partial charge < -0.3 is 10.3 Å². The van der Waals surface area contributed by atoms with Crippen LogP contribution in [0.5, 0.6) is 0 Å². The van der Waals surface area contributed by atoms with Crippen LogP contribution >= 0.6 is 0 Å². The van der Waals surface area contributed by atoms with Crippen molar-refractivity contribution in [1.29, 1.82) is 0 Å². The van der Waals surface area contributed by atoms with Crippen molar-refractivity contribution >= 4 is 29.6 Å². The Labute approximate surface area is 222 Å². The second-order valence-corrected chi connectivity index (χ2v) is 12.3. The van der Waals surface area contributed by atoms with E-state index in [1.54, 1.807) is 4.90 Å². The number of nitrogens with zero attached hydrogens (tertiary/aromatic N) is 8. The van der Waals surface area contributed by atoms with Crippen molar-refractivity contribution in [3.8, 4) is 0 Å². The third kappa shape index (κ3) is 3.95. The van der Waals surface area contributed by atoms with Gasteiger partial charge in [0.2, 0.25) is 17.6 Å². The molecule has 1 aromatic heterocycles. The number of H-pyrrole nitrogens is 1. The van der Waals surface area contributed by atoms with E-state index >= 15 is 0 Å². The molecule has 0 saturated heterocycles. The van der Waals surface area contributed by atoms with Gasteiger partial charge in [0, 0.05) is 13.1 Å². The first-order valence-corrected chi connectivity index (χ1v) is 13.0. The zero-order valence-electron chi connectivity index (χ0n) is 23.2. The first-order valence-electron chi connectivity index (χ1n) is 13.0. The summed E-state index contributed by atoms with van der Waals surface area (Å²) in [4.78, 5) is 63.4. The molecule has 1 aromatic rings. The highest BCUT2D eigenvalue weighted by molar-refractivity contribution is 6.18. The van der Waals surface area contributed by atoms with E-state index in [1.165, 1.54) is 11.2 Å². The predicted molar refractivity (Wildman–Crippen MR) is 143 cm³/mol. The van der Waals surface area contributed by atoms with E-state index in [2.05, 4.69) is 34.3 Å². The van der Waals surface area contributed by atoms with Crippen molar-refractivity contribution in [2.24, 2.45) is 27.0 Å². The SMILES string of the molecule is CC(C)CN1C2=NC(C)(C)CN2C(=O)C(N=O)=C1NC1N2C(=O)c3nc[nH]c3N(CC(C)C)C2=NC1(C)C. The number of hydrogen-bond acceptors (Lipinski definition) is 10. The largest absolute Gasteiger partial charge is 0.347 e. The lowest BCUT2D eigenvalue weighted by Crippen LogP contribution is -2.63. The predicted octanol–water partition coefficient (Wildman–Crippen LogP) is 2.28. The topological polar surface area (TPSA) is 142 Å². The minimum atomic E-state index is -0.814. The van der Waals surface area contributed by atoms with Gasteiger partial charge in [-0.25, -0.2) is 15.0 Å². The van der Waals surface area contributed by atoms with E-state index in [0.717, 1.165) is 0 Å². The van der Waals surface area contributed by atoms with Crippen LogP contribution in [-0.2, 0) is 4.79 Å². The van der Waals surface area contributed by atoms with Gasteiger partial charge in [-0.05, 0) is 44.7 Å². The maximum atomic E-state index is 13.8. The summed E-state index contributed by atoms with van der Waals surface area (Å²) in [7, 11) is 0. The molecule has 0 saturated carbocycles. The molecule has 0 aromatic carbocycles. The summed E-state index contributed by atoms with van der Waals surface area (Å²) in [5, 5.41) is 6.55. The van der Waals surface area contributed by atoms with E-state index in [0.29, 0.717) is 43.1 Å². The Bertz CT molecular complexity index is 1290. The molecule has 5 rings (SSSR count). The van der Waals surface area contributed by atoms with Crippen LogP contribution < -0.4 is 10.2 Å². The number of rotatable bonds is 7. The zero-order valence-corrected chi connectivity index (χ0v) is 23.2. The molecule has 1 atom stereocenters. The van der Waals surface area contributed by atoms with Crippen LogP contribution in [0.3, 0.4) is 0 Å². The molecule has 1 unspecified atom stereocenters. The molecule has 5 heterocycles. The first kappa shape index (κ1) is 25.9. The molecule has 2 N–H and O–H groups in total. The highest BCUT2D eigenvalue weighted by atomic mass is 16.3. The van der Waals surface area contributed by atoms with E-state index in [4.69, 9.17) is 9.98 Å². The maximum Gasteiger partial charge on any atom is 0.286 e. The molecular weight excluding hydrogens is 488 g/mol. The number of aromatic amines is 1. The van der Waals surface area contributed by atoms with Crippen molar-refractivity contribution in [3.05, 3.63) is 28.4 Å². The number of nitroso groups, excluding NO2 is 1. The van der Waals surface area contributed by atoms with Crippen LogP contribution in [0.2, 0.25) is 0 Å². The van der Waals surface area contributed by atoms with Gasteiger partial charge in [0.05, 0.1) is 23.9 Å². The third-order valence-electron chi connectivity index (χ3n) is 6.92. The van der Waals surface area contributed by atoms with Crippen LogP contribution in [0.1, 0.15) is 65.9 Å². The number of hydrogen-bond donors (Lipinski definition) is 2. The molecular formula is C25H36N10O3. The number of aromatic nitrogens is 2. The van der Waals surface area contributed by atoms with Crippen molar-refractivity contribution in [3.63, 3.8) is 0 Å². The van der Waals surface area contributed by atoms with Gasteiger partial charge in [-0.2, -0.15) is 0 Å². The normalized spacial score (nSPS) is 23.7. The number of anilines is 1. The quantitative estimate of drug-likeness (QED) is 0.521. The summed E-state index contributed by atoms with van der Waals surface area (Å²) in [6.45, 7) is 17.4. The lowest BCUT2D eigenvalue weighted by Gasteiger charge is -2.42. The summed E-state index contributed by atoms with van der Waals surface area (Å²) in [6, 6.07) is 0. The van der Waals surface area contributed by atoms with Crippen LogP contribution in [0.25, 0.3) is 0 Å². The summed E-state index contributed by atoms with van der Waals surface area (Å²) in [6.07, 6.45) is 0.780. The van der Waals surface area contributed by atoms with Crippen LogP contribution in [0, 0.1) is 16.7 Å². The first-order chi connectivity index (χ1) is 17.8. The number of imidazole rings is 1. The average molecular weight is 525 g/mol. The third-order valence-corrected chi connectivity index (χ3v) is 6.92. The summed E-state index contributed by atoms with van der Waals surface area (Å²) in [5.74, 6) is 1.43. The summed E-state index contributed by atoms with van der Waals surface area (Å²) in [5.41, 5.74) is -1.27. The second-order valence-electron chi connectivity index (χ2n) is 12.3. The lowest BCUT2D eigenvalue weighted by molar-refractivity contribution is -0.124. The van der Waals surface area contributed by atoms with E-state index in [1.807, 2.05) is 51.3 Å². The fraction of sp³-hybridized carbons (Fsp3) is 0.640. The van der Waals surface area contributed by atoms with Gasteiger partial charge in [-0.3, -0.25) is 29.2 Å². The molecule has 2 amide bonds. The van der Waals surface area contributed by atoms with Crippen LogP contribution in [0.4, 0.5) is 5.82 Å². The van der Waals surface area contributed by atoms with Crippen molar-refractivity contribution in [2.45, 2.75) is 72.6 Å². The fourth-order valence-corrected chi connectivity index (χ4v) is 5.39. The van der Waals surface area contributed by atoms with Gasteiger partial charge in [0.15, 0.2) is 5.69 Å². The molecule has 13 heteroatoms. The Hall–Kier alpha value is -3.77. The maximum absolute atomic E-state index is 13.8. The lowest BCUT2D eigenvalue weighted by atomic mass is 10.0. The van der Waals surface area contributed by atoms with E-state index < -0.39 is 23.2 Å². The van der Waals surface area contributed by atoms with Gasteiger partial charge >= 0.3 is 0 Å². The summed E-state index contributed by atoms with van der Waals surface area (Å²) >= 11 is 0. The zero-order chi connectivity index (χ0) is 27.7. The Morgan fingerprint density at radius 3 is 2.32 bits per heavy atom.